The van der Waals surface area contributed by atoms with Crippen LogP contribution in [-0.4, -0.2) is 29.8 Å². The normalized spacial score (nSPS) is 10.4. The molecule has 94 valence electrons. The Bertz CT molecular complexity index is 435. The summed E-state index contributed by atoms with van der Waals surface area (Å²) >= 11 is 0. The smallest absolute Gasteiger partial charge is 0.268 e. The fourth-order valence-electron chi connectivity index (χ4n) is 1.97. The molecule has 0 fully saturated rings. The summed E-state index contributed by atoms with van der Waals surface area (Å²) in [4.78, 5) is 26.4. The Kier molecular flexibility index (Phi) is 4.45. The molecule has 0 aromatic carbocycles. The van der Waals surface area contributed by atoms with E-state index in [1.807, 2.05) is 6.92 Å². The monoisotopic (exact) mass is 237 g/mol. The van der Waals surface area contributed by atoms with E-state index in [1.165, 1.54) is 6.92 Å². The van der Waals surface area contributed by atoms with Gasteiger partial charge in [0, 0.05) is 24.3 Å². The third-order valence-corrected chi connectivity index (χ3v) is 2.65. The quantitative estimate of drug-likeness (QED) is 0.661. The van der Waals surface area contributed by atoms with Gasteiger partial charge in [-0.25, -0.2) is 0 Å². The number of rotatable bonds is 5. The highest BCUT2D eigenvalue weighted by molar-refractivity contribution is 6.02. The first kappa shape index (κ1) is 13.4. The third-order valence-electron chi connectivity index (χ3n) is 2.65. The molecule has 17 heavy (non-hydrogen) atoms. The summed E-state index contributed by atoms with van der Waals surface area (Å²) in [6.07, 6.45) is 0.643. The summed E-state index contributed by atoms with van der Waals surface area (Å²) in [5.41, 5.74) is 7.96. The van der Waals surface area contributed by atoms with Gasteiger partial charge in [0.2, 0.25) is 0 Å². The van der Waals surface area contributed by atoms with E-state index < -0.39 is 0 Å². The molecular weight excluding hydrogens is 218 g/mol. The zero-order valence-electron chi connectivity index (χ0n) is 10.5. The minimum atomic E-state index is -0.206. The molecule has 1 heterocycles. The van der Waals surface area contributed by atoms with E-state index >= 15 is 0 Å². The van der Waals surface area contributed by atoms with Gasteiger partial charge in [-0.2, -0.15) is 0 Å². The van der Waals surface area contributed by atoms with Crippen molar-refractivity contribution in [1.82, 2.24) is 10.3 Å². The zero-order valence-corrected chi connectivity index (χ0v) is 10.5. The van der Waals surface area contributed by atoms with Crippen molar-refractivity contribution in [3.8, 4) is 0 Å². The number of ketones is 1. The SMILES string of the molecule is CCc1c(C(=O)NCCN)[nH]c(C)c1C(C)=O. The molecule has 1 amide bonds. The number of aromatic nitrogens is 1. The van der Waals surface area contributed by atoms with Crippen LogP contribution in [0.5, 0.6) is 0 Å². The van der Waals surface area contributed by atoms with E-state index in [0.29, 0.717) is 30.8 Å². The maximum Gasteiger partial charge on any atom is 0.268 e. The largest absolute Gasteiger partial charge is 0.354 e. The first-order valence-corrected chi connectivity index (χ1v) is 5.73. The molecule has 0 atom stereocenters. The molecule has 0 aliphatic carbocycles. The van der Waals surface area contributed by atoms with Crippen LogP contribution in [0.15, 0.2) is 0 Å². The first-order valence-electron chi connectivity index (χ1n) is 5.73. The van der Waals surface area contributed by atoms with Crippen molar-refractivity contribution < 1.29 is 9.59 Å². The lowest BCUT2D eigenvalue weighted by Crippen LogP contribution is -2.30. The van der Waals surface area contributed by atoms with Gasteiger partial charge in [-0.15, -0.1) is 0 Å². The molecule has 0 aliphatic rings. The minimum Gasteiger partial charge on any atom is -0.354 e. The van der Waals surface area contributed by atoms with Crippen LogP contribution in [0.3, 0.4) is 0 Å². The molecular formula is C12H19N3O2. The number of nitrogens with two attached hydrogens (primary N) is 1. The molecule has 5 nitrogen and oxygen atoms in total. The van der Waals surface area contributed by atoms with Gasteiger partial charge in [0.15, 0.2) is 5.78 Å². The van der Waals surface area contributed by atoms with Crippen LogP contribution in [0.2, 0.25) is 0 Å². The van der Waals surface area contributed by atoms with Gasteiger partial charge in [0.05, 0.1) is 0 Å². The van der Waals surface area contributed by atoms with Gasteiger partial charge in [0.25, 0.3) is 5.91 Å². The second kappa shape index (κ2) is 5.63. The van der Waals surface area contributed by atoms with Gasteiger partial charge in [-0.1, -0.05) is 6.92 Å². The molecule has 5 heteroatoms. The number of H-pyrrole nitrogens is 1. The Morgan fingerprint density at radius 1 is 1.41 bits per heavy atom. The lowest BCUT2D eigenvalue weighted by Gasteiger charge is -2.04. The Morgan fingerprint density at radius 3 is 2.53 bits per heavy atom. The average Bonchev–Trinajstić information content (AvgIpc) is 2.62. The van der Waals surface area contributed by atoms with E-state index in [0.717, 1.165) is 11.3 Å². The number of hydrogen-bond acceptors (Lipinski definition) is 3. The minimum absolute atomic E-state index is 0.0199. The molecule has 0 radical (unpaired) electrons. The lowest BCUT2D eigenvalue weighted by atomic mass is 10.0. The molecule has 0 bridgehead atoms. The highest BCUT2D eigenvalue weighted by Gasteiger charge is 2.20. The van der Waals surface area contributed by atoms with Crippen molar-refractivity contribution in [2.75, 3.05) is 13.1 Å². The molecule has 0 aliphatic heterocycles. The Balaban J connectivity index is 3.12. The van der Waals surface area contributed by atoms with Gasteiger partial charge in [-0.05, 0) is 25.8 Å². The van der Waals surface area contributed by atoms with Crippen LogP contribution < -0.4 is 11.1 Å². The predicted molar refractivity (Wildman–Crippen MR) is 66.3 cm³/mol. The average molecular weight is 237 g/mol. The summed E-state index contributed by atoms with van der Waals surface area (Å²) < 4.78 is 0. The molecule has 1 aromatic rings. The van der Waals surface area contributed by atoms with Crippen molar-refractivity contribution in [1.29, 1.82) is 0 Å². The van der Waals surface area contributed by atoms with E-state index in [2.05, 4.69) is 10.3 Å². The molecule has 0 saturated carbocycles. The van der Waals surface area contributed by atoms with E-state index in [-0.39, 0.29) is 11.7 Å². The third kappa shape index (κ3) is 2.74. The molecule has 4 N–H and O–H groups in total. The van der Waals surface area contributed by atoms with Crippen LogP contribution in [0.25, 0.3) is 0 Å². The van der Waals surface area contributed by atoms with Crippen LogP contribution in [0, 0.1) is 6.92 Å². The highest BCUT2D eigenvalue weighted by atomic mass is 16.2. The molecule has 0 saturated heterocycles. The molecule has 1 rings (SSSR count). The Labute approximate surface area is 101 Å². The number of carbonyl (C=O) groups excluding carboxylic acids is 2. The number of Topliss-reactive ketones (excluding diaryl/α,β-unsaturated/α-hetero) is 1. The first-order chi connectivity index (χ1) is 8.02. The predicted octanol–water partition coefficient (Wildman–Crippen LogP) is 0.777. The Morgan fingerprint density at radius 2 is 2.06 bits per heavy atom. The van der Waals surface area contributed by atoms with Crippen LogP contribution in [0.4, 0.5) is 0 Å². The topological polar surface area (TPSA) is 88.0 Å². The molecule has 1 aromatic heterocycles. The van der Waals surface area contributed by atoms with Crippen molar-refractivity contribution >= 4 is 11.7 Å². The summed E-state index contributed by atoms with van der Waals surface area (Å²) in [5.74, 6) is -0.226. The highest BCUT2D eigenvalue weighted by Crippen LogP contribution is 2.20. The van der Waals surface area contributed by atoms with E-state index in [9.17, 15) is 9.59 Å². The summed E-state index contributed by atoms with van der Waals surface area (Å²) in [7, 11) is 0. The van der Waals surface area contributed by atoms with E-state index in [1.54, 1.807) is 6.92 Å². The second-order valence-electron chi connectivity index (χ2n) is 3.93. The van der Waals surface area contributed by atoms with Crippen LogP contribution >= 0.6 is 0 Å². The number of carbonyl (C=O) groups is 2. The molecule has 0 unspecified atom stereocenters. The fraction of sp³-hybridized carbons (Fsp3) is 0.500. The maximum absolute atomic E-state index is 11.9. The van der Waals surface area contributed by atoms with Crippen molar-refractivity contribution in [3.63, 3.8) is 0 Å². The van der Waals surface area contributed by atoms with Crippen molar-refractivity contribution in [2.45, 2.75) is 27.2 Å². The zero-order chi connectivity index (χ0) is 13.0. The van der Waals surface area contributed by atoms with Gasteiger partial charge >= 0.3 is 0 Å². The van der Waals surface area contributed by atoms with Gasteiger partial charge < -0.3 is 16.0 Å². The second-order valence-corrected chi connectivity index (χ2v) is 3.93. The number of nitrogens with one attached hydrogen (secondary N) is 2. The summed E-state index contributed by atoms with van der Waals surface area (Å²) in [5, 5.41) is 2.70. The Hall–Kier alpha value is -1.62. The number of amides is 1. The maximum atomic E-state index is 11.9. The van der Waals surface area contributed by atoms with Gasteiger partial charge in [0.1, 0.15) is 5.69 Å². The van der Waals surface area contributed by atoms with Gasteiger partial charge in [-0.3, -0.25) is 9.59 Å². The number of hydrogen-bond donors (Lipinski definition) is 3. The van der Waals surface area contributed by atoms with Crippen LogP contribution in [-0.2, 0) is 6.42 Å². The van der Waals surface area contributed by atoms with Crippen molar-refractivity contribution in [2.24, 2.45) is 5.73 Å². The fourth-order valence-corrected chi connectivity index (χ4v) is 1.97. The van der Waals surface area contributed by atoms with Crippen molar-refractivity contribution in [3.05, 3.63) is 22.5 Å². The lowest BCUT2D eigenvalue weighted by molar-refractivity contribution is 0.0949. The number of aromatic amines is 1. The standard InChI is InChI=1S/C12H19N3O2/c1-4-9-10(8(3)16)7(2)15-11(9)12(17)14-6-5-13/h15H,4-6,13H2,1-3H3,(H,14,17). The summed E-state index contributed by atoms with van der Waals surface area (Å²) in [6, 6.07) is 0. The molecule has 0 spiro atoms. The number of aryl methyl sites for hydroxylation is 1. The van der Waals surface area contributed by atoms with E-state index in [4.69, 9.17) is 5.73 Å². The summed E-state index contributed by atoms with van der Waals surface area (Å²) in [6.45, 7) is 6.06. The van der Waals surface area contributed by atoms with Crippen LogP contribution in [0.1, 0.15) is 46.0 Å².